The second kappa shape index (κ2) is 8.13. The molecule has 0 amide bonds. The standard InChI is InChI=1S/C7H6N2.3ClH.H2O/c1-2-4-7-6(3-1)8-5-9-7;;;;/h1-5H,(H,8,9);3*1H;1H2. The van der Waals surface area contributed by atoms with E-state index >= 15 is 0 Å². The highest BCUT2D eigenvalue weighted by Crippen LogP contribution is 2.05. The first-order valence-electron chi connectivity index (χ1n) is 2.85. The Morgan fingerprint density at radius 3 is 2.23 bits per heavy atom. The molecule has 2 aromatic rings. The predicted molar refractivity (Wildman–Crippen MR) is 61.5 cm³/mol. The fourth-order valence-corrected chi connectivity index (χ4v) is 0.880. The van der Waals surface area contributed by atoms with Crippen LogP contribution in [0, 0.1) is 0 Å². The summed E-state index contributed by atoms with van der Waals surface area (Å²) in [5.41, 5.74) is 2.12. The summed E-state index contributed by atoms with van der Waals surface area (Å²) >= 11 is 0. The van der Waals surface area contributed by atoms with Crippen LogP contribution >= 0.6 is 37.2 Å². The molecule has 0 aliphatic heterocycles. The van der Waals surface area contributed by atoms with Crippen molar-refractivity contribution in [3.8, 4) is 0 Å². The van der Waals surface area contributed by atoms with Crippen LogP contribution in [0.25, 0.3) is 11.0 Å². The molecule has 76 valence electrons. The minimum absolute atomic E-state index is 0. The van der Waals surface area contributed by atoms with E-state index in [1.807, 2.05) is 24.3 Å². The number of nitrogens with one attached hydrogen (secondary N) is 1. The maximum Gasteiger partial charge on any atom is 0.0931 e. The highest BCUT2D eigenvalue weighted by molar-refractivity contribution is 5.86. The molecule has 1 aromatic heterocycles. The number of para-hydroxylation sites is 2. The second-order valence-corrected chi connectivity index (χ2v) is 1.92. The minimum Gasteiger partial charge on any atom is -0.412 e. The lowest BCUT2D eigenvalue weighted by molar-refractivity contribution is 0.824. The minimum atomic E-state index is 0. The van der Waals surface area contributed by atoms with Gasteiger partial charge in [-0.3, -0.25) is 0 Å². The molecule has 0 bridgehead atoms. The number of hydrogen-bond acceptors (Lipinski definition) is 1. The fourth-order valence-electron chi connectivity index (χ4n) is 0.880. The van der Waals surface area contributed by atoms with E-state index in [2.05, 4.69) is 9.97 Å². The first-order chi connectivity index (χ1) is 4.47. The van der Waals surface area contributed by atoms with Crippen molar-refractivity contribution >= 4 is 48.3 Å². The lowest BCUT2D eigenvalue weighted by atomic mass is 10.3. The van der Waals surface area contributed by atoms with Crippen molar-refractivity contribution < 1.29 is 5.48 Å². The van der Waals surface area contributed by atoms with Gasteiger partial charge in [-0.25, -0.2) is 4.98 Å². The Bertz CT molecular complexity index is 296. The Hall–Kier alpha value is -0.480. The van der Waals surface area contributed by atoms with Crippen molar-refractivity contribution in [3.05, 3.63) is 30.6 Å². The third kappa shape index (κ3) is 3.83. The fraction of sp³-hybridized carbons (Fsp3) is 0. The summed E-state index contributed by atoms with van der Waals surface area (Å²) in [5, 5.41) is 0. The number of rotatable bonds is 0. The van der Waals surface area contributed by atoms with E-state index in [-0.39, 0.29) is 42.7 Å². The molecule has 0 aliphatic carbocycles. The molecule has 1 heterocycles. The summed E-state index contributed by atoms with van der Waals surface area (Å²) in [6, 6.07) is 7.94. The summed E-state index contributed by atoms with van der Waals surface area (Å²) in [4.78, 5) is 7.07. The van der Waals surface area contributed by atoms with Gasteiger partial charge in [0.1, 0.15) is 0 Å². The van der Waals surface area contributed by atoms with E-state index < -0.39 is 0 Å². The molecular weight excluding hydrogens is 234 g/mol. The van der Waals surface area contributed by atoms with Gasteiger partial charge in [0.2, 0.25) is 0 Å². The van der Waals surface area contributed by atoms with Gasteiger partial charge < -0.3 is 10.5 Å². The summed E-state index contributed by atoms with van der Waals surface area (Å²) in [6.45, 7) is 0. The molecule has 2 rings (SSSR count). The smallest absolute Gasteiger partial charge is 0.0931 e. The number of aromatic nitrogens is 2. The molecule has 1 aromatic carbocycles. The molecule has 0 spiro atoms. The van der Waals surface area contributed by atoms with Gasteiger partial charge in [0, 0.05) is 0 Å². The molecule has 0 saturated carbocycles. The highest BCUT2D eigenvalue weighted by atomic mass is 35.5. The van der Waals surface area contributed by atoms with Crippen molar-refractivity contribution in [3.63, 3.8) is 0 Å². The van der Waals surface area contributed by atoms with E-state index in [9.17, 15) is 0 Å². The number of benzene rings is 1. The van der Waals surface area contributed by atoms with Gasteiger partial charge in [-0.15, -0.1) is 37.2 Å². The molecule has 3 nitrogen and oxygen atoms in total. The number of imidazole rings is 1. The van der Waals surface area contributed by atoms with Crippen LogP contribution in [0.2, 0.25) is 0 Å². The number of aromatic amines is 1. The lowest BCUT2D eigenvalue weighted by Crippen LogP contribution is -1.63. The van der Waals surface area contributed by atoms with Gasteiger partial charge in [-0.05, 0) is 12.1 Å². The van der Waals surface area contributed by atoms with E-state index in [0.717, 1.165) is 11.0 Å². The van der Waals surface area contributed by atoms with Crippen LogP contribution in [0.3, 0.4) is 0 Å². The van der Waals surface area contributed by atoms with Gasteiger partial charge in [-0.2, -0.15) is 0 Å². The van der Waals surface area contributed by atoms with Crippen molar-refractivity contribution in [2.24, 2.45) is 0 Å². The second-order valence-electron chi connectivity index (χ2n) is 1.92. The highest BCUT2D eigenvalue weighted by Gasteiger charge is 1.88. The largest absolute Gasteiger partial charge is 0.412 e. The molecule has 6 heteroatoms. The Labute approximate surface area is 94.5 Å². The number of hydrogen-bond donors (Lipinski definition) is 1. The van der Waals surface area contributed by atoms with Gasteiger partial charge in [0.25, 0.3) is 0 Å². The third-order valence-electron chi connectivity index (χ3n) is 1.33. The first kappa shape index (κ1) is 18.3. The zero-order valence-corrected chi connectivity index (χ0v) is 9.01. The predicted octanol–water partition coefficient (Wildman–Crippen LogP) is 2.00. The van der Waals surface area contributed by atoms with Crippen molar-refractivity contribution in [2.75, 3.05) is 0 Å². The number of halogens is 3. The van der Waals surface area contributed by atoms with Crippen molar-refractivity contribution in [1.29, 1.82) is 0 Å². The lowest BCUT2D eigenvalue weighted by Gasteiger charge is -1.81. The monoisotopic (exact) mass is 244 g/mol. The normalized spacial score (nSPS) is 7.08. The maximum atomic E-state index is 4.06. The van der Waals surface area contributed by atoms with E-state index in [0.29, 0.717) is 0 Å². The van der Waals surface area contributed by atoms with E-state index in [1.54, 1.807) is 6.33 Å². The van der Waals surface area contributed by atoms with Crippen LogP contribution < -0.4 is 0 Å². The molecule has 0 aliphatic rings. The topological polar surface area (TPSA) is 60.2 Å². The summed E-state index contributed by atoms with van der Waals surface area (Å²) < 4.78 is 0. The molecule has 0 unspecified atom stereocenters. The summed E-state index contributed by atoms with van der Waals surface area (Å²) in [5.74, 6) is 0. The molecule has 0 saturated heterocycles. The van der Waals surface area contributed by atoms with Crippen molar-refractivity contribution in [1.82, 2.24) is 9.97 Å². The summed E-state index contributed by atoms with van der Waals surface area (Å²) in [7, 11) is 0. The van der Waals surface area contributed by atoms with Crippen molar-refractivity contribution in [2.45, 2.75) is 0 Å². The van der Waals surface area contributed by atoms with Crippen LogP contribution in [0.1, 0.15) is 0 Å². The zero-order valence-electron chi connectivity index (χ0n) is 6.56. The van der Waals surface area contributed by atoms with Gasteiger partial charge in [-0.1, -0.05) is 12.1 Å². The Morgan fingerprint density at radius 2 is 1.62 bits per heavy atom. The molecule has 3 N–H and O–H groups in total. The quantitative estimate of drug-likeness (QED) is 0.758. The zero-order chi connectivity index (χ0) is 6.10. The van der Waals surface area contributed by atoms with Gasteiger partial charge in [0.15, 0.2) is 0 Å². The Kier molecular flexibility index (Phi) is 11.5. The first-order valence-corrected chi connectivity index (χ1v) is 2.85. The van der Waals surface area contributed by atoms with Gasteiger partial charge >= 0.3 is 0 Å². The van der Waals surface area contributed by atoms with Crippen LogP contribution in [0.15, 0.2) is 30.6 Å². The Balaban J connectivity index is -0.000000250. The molecular formula is C7H11Cl3N2O. The van der Waals surface area contributed by atoms with Crippen LogP contribution in [0.4, 0.5) is 0 Å². The van der Waals surface area contributed by atoms with Crippen LogP contribution in [-0.4, -0.2) is 15.4 Å². The average Bonchev–Trinajstić information content (AvgIpc) is 2.33. The molecule has 13 heavy (non-hydrogen) atoms. The van der Waals surface area contributed by atoms with E-state index in [4.69, 9.17) is 0 Å². The molecule has 0 atom stereocenters. The number of H-pyrrole nitrogens is 1. The van der Waals surface area contributed by atoms with Gasteiger partial charge in [0.05, 0.1) is 17.4 Å². The van der Waals surface area contributed by atoms with E-state index in [1.165, 1.54) is 0 Å². The number of fused-ring (bicyclic) bond motifs is 1. The van der Waals surface area contributed by atoms with Crippen LogP contribution in [-0.2, 0) is 0 Å². The average molecular weight is 246 g/mol. The molecule has 0 fully saturated rings. The third-order valence-corrected chi connectivity index (χ3v) is 1.33. The number of nitrogens with zero attached hydrogens (tertiary/aromatic N) is 1. The SMILES string of the molecule is Cl.Cl.Cl.O.c1ccc2[nH]cnc2c1. The van der Waals surface area contributed by atoms with Crippen LogP contribution in [0.5, 0.6) is 0 Å². The Morgan fingerprint density at radius 1 is 1.00 bits per heavy atom. The maximum absolute atomic E-state index is 4.06. The molecule has 0 radical (unpaired) electrons. The summed E-state index contributed by atoms with van der Waals surface area (Å²) in [6.07, 6.45) is 1.70.